The van der Waals surface area contributed by atoms with E-state index in [0.29, 0.717) is 0 Å². The lowest BCUT2D eigenvalue weighted by molar-refractivity contribution is 0.669. The first-order valence-electron chi connectivity index (χ1n) is 20.3. The molecule has 4 heteroatoms. The maximum absolute atomic E-state index is 6.44. The maximum Gasteiger partial charge on any atom is 0.143 e. The van der Waals surface area contributed by atoms with Crippen molar-refractivity contribution in [2.75, 3.05) is 4.90 Å². The molecule has 280 valence electrons. The molecule has 0 aliphatic carbocycles. The van der Waals surface area contributed by atoms with Crippen LogP contribution >= 0.6 is 11.3 Å². The number of nitrogens with zero attached hydrogens (tertiary/aromatic N) is 1. The van der Waals surface area contributed by atoms with E-state index in [9.17, 15) is 0 Å². The zero-order chi connectivity index (χ0) is 39.3. The Morgan fingerprint density at radius 2 is 0.983 bits per heavy atom. The minimum atomic E-state index is 0.862. The summed E-state index contributed by atoms with van der Waals surface area (Å²) >= 11 is 1.88. The van der Waals surface area contributed by atoms with Crippen LogP contribution in [0.5, 0.6) is 0 Å². The molecule has 0 N–H and O–H groups in total. The second-order valence-electron chi connectivity index (χ2n) is 15.6. The van der Waals surface area contributed by atoms with Gasteiger partial charge in [-0.3, -0.25) is 0 Å². The zero-order valence-electron chi connectivity index (χ0n) is 32.2. The van der Waals surface area contributed by atoms with E-state index in [1.165, 1.54) is 52.8 Å². The summed E-state index contributed by atoms with van der Waals surface area (Å²) in [5.41, 5.74) is 11.4. The molecule has 0 atom stereocenters. The molecule has 10 aromatic carbocycles. The fourth-order valence-electron chi connectivity index (χ4n) is 9.47. The Labute approximate surface area is 348 Å². The molecule has 0 radical (unpaired) electrons. The fourth-order valence-corrected chi connectivity index (χ4v) is 10.7. The predicted octanol–water partition coefficient (Wildman–Crippen LogP) is 17.0. The molecule has 60 heavy (non-hydrogen) atoms. The van der Waals surface area contributed by atoms with Gasteiger partial charge in [0.05, 0.1) is 11.1 Å². The number of benzene rings is 10. The lowest BCUT2D eigenvalue weighted by atomic mass is 9.96. The number of hydrogen-bond donors (Lipinski definition) is 0. The normalized spacial score (nSPS) is 12.0. The van der Waals surface area contributed by atoms with Crippen LogP contribution in [0, 0.1) is 0 Å². The Morgan fingerprint density at radius 3 is 1.83 bits per heavy atom. The molecular weight excluding hydrogens is 751 g/mol. The van der Waals surface area contributed by atoms with Crippen LogP contribution in [-0.4, -0.2) is 0 Å². The van der Waals surface area contributed by atoms with Crippen LogP contribution in [0.2, 0.25) is 0 Å². The van der Waals surface area contributed by atoms with Gasteiger partial charge in [0.2, 0.25) is 0 Å². The molecule has 0 saturated heterocycles. The minimum absolute atomic E-state index is 0.862. The Morgan fingerprint density at radius 1 is 0.367 bits per heavy atom. The van der Waals surface area contributed by atoms with E-state index in [1.54, 1.807) is 0 Å². The van der Waals surface area contributed by atoms with E-state index in [4.69, 9.17) is 8.83 Å². The first-order chi connectivity index (χ1) is 29.7. The summed E-state index contributed by atoms with van der Waals surface area (Å²) in [5, 5.41) is 12.0. The maximum atomic E-state index is 6.44. The van der Waals surface area contributed by atoms with E-state index in [0.717, 1.165) is 72.1 Å². The molecular formula is C56H33NO2S. The molecule has 0 bridgehead atoms. The summed E-state index contributed by atoms with van der Waals surface area (Å²) in [6.07, 6.45) is 0. The molecule has 0 aliphatic heterocycles. The van der Waals surface area contributed by atoms with Gasteiger partial charge in [-0.15, -0.1) is 11.3 Å². The molecule has 0 aliphatic rings. The Hall–Kier alpha value is -7.66. The van der Waals surface area contributed by atoms with Crippen molar-refractivity contribution in [3.63, 3.8) is 0 Å². The van der Waals surface area contributed by atoms with Crippen molar-refractivity contribution < 1.29 is 8.83 Å². The first kappa shape index (κ1) is 33.3. The number of rotatable bonds is 5. The number of fused-ring (bicyclic) bond motifs is 12. The number of para-hydroxylation sites is 3. The van der Waals surface area contributed by atoms with Gasteiger partial charge in [0.1, 0.15) is 22.3 Å². The molecule has 0 amide bonds. The number of thiophene rings is 1. The largest absolute Gasteiger partial charge is 0.456 e. The second-order valence-corrected chi connectivity index (χ2v) is 16.7. The van der Waals surface area contributed by atoms with Crippen molar-refractivity contribution in [3.8, 4) is 22.3 Å². The van der Waals surface area contributed by atoms with E-state index in [-0.39, 0.29) is 0 Å². The van der Waals surface area contributed by atoms with Crippen LogP contribution in [0.25, 0.3) is 108 Å². The van der Waals surface area contributed by atoms with Crippen LogP contribution in [0.15, 0.2) is 209 Å². The van der Waals surface area contributed by atoms with Gasteiger partial charge in [-0.1, -0.05) is 140 Å². The fraction of sp³-hybridized carbons (Fsp3) is 0. The number of furan rings is 2. The molecule has 0 fully saturated rings. The van der Waals surface area contributed by atoms with Crippen molar-refractivity contribution in [2.45, 2.75) is 0 Å². The second kappa shape index (κ2) is 12.9. The Balaban J connectivity index is 0.952. The summed E-state index contributed by atoms with van der Waals surface area (Å²) in [6, 6.07) is 72.0. The molecule has 0 spiro atoms. The van der Waals surface area contributed by atoms with E-state index < -0.39 is 0 Å². The van der Waals surface area contributed by atoms with Crippen LogP contribution in [-0.2, 0) is 0 Å². The molecule has 0 saturated carbocycles. The summed E-state index contributed by atoms with van der Waals surface area (Å²) in [5.74, 6) is 0. The van der Waals surface area contributed by atoms with E-state index >= 15 is 0 Å². The topological polar surface area (TPSA) is 29.5 Å². The third-order valence-electron chi connectivity index (χ3n) is 12.3. The van der Waals surface area contributed by atoms with Crippen LogP contribution < -0.4 is 4.90 Å². The van der Waals surface area contributed by atoms with Crippen LogP contribution in [0.4, 0.5) is 17.1 Å². The summed E-state index contributed by atoms with van der Waals surface area (Å²) < 4.78 is 15.5. The third kappa shape index (κ3) is 5.01. The van der Waals surface area contributed by atoms with Gasteiger partial charge >= 0.3 is 0 Å². The lowest BCUT2D eigenvalue weighted by Gasteiger charge is -2.27. The highest BCUT2D eigenvalue weighted by molar-refractivity contribution is 7.26. The Bertz CT molecular complexity index is 3850. The summed E-state index contributed by atoms with van der Waals surface area (Å²) in [7, 11) is 0. The van der Waals surface area contributed by atoms with Crippen molar-refractivity contribution in [3.05, 3.63) is 200 Å². The molecule has 3 heterocycles. The van der Waals surface area contributed by atoms with Crippen LogP contribution in [0.3, 0.4) is 0 Å². The van der Waals surface area contributed by atoms with Crippen molar-refractivity contribution in [2.24, 2.45) is 0 Å². The van der Waals surface area contributed by atoms with Gasteiger partial charge in [-0.05, 0) is 98.9 Å². The van der Waals surface area contributed by atoms with Crippen molar-refractivity contribution >= 4 is 114 Å². The highest BCUT2D eigenvalue weighted by Crippen LogP contribution is 2.46. The van der Waals surface area contributed by atoms with Gasteiger partial charge in [-0.2, -0.15) is 0 Å². The van der Waals surface area contributed by atoms with Gasteiger partial charge in [0.15, 0.2) is 0 Å². The molecule has 13 aromatic rings. The molecule has 13 rings (SSSR count). The van der Waals surface area contributed by atoms with Gasteiger partial charge < -0.3 is 13.7 Å². The van der Waals surface area contributed by atoms with E-state index in [2.05, 4.69) is 181 Å². The number of hydrogen-bond acceptors (Lipinski definition) is 4. The molecule has 0 unspecified atom stereocenters. The summed E-state index contributed by atoms with van der Waals surface area (Å²) in [4.78, 5) is 2.37. The Kier molecular flexibility index (Phi) is 7.18. The van der Waals surface area contributed by atoms with Crippen molar-refractivity contribution in [1.82, 2.24) is 0 Å². The number of anilines is 3. The van der Waals surface area contributed by atoms with Gasteiger partial charge in [0.25, 0.3) is 0 Å². The smallest absolute Gasteiger partial charge is 0.143 e. The predicted molar refractivity (Wildman–Crippen MR) is 254 cm³/mol. The minimum Gasteiger partial charge on any atom is -0.456 e. The first-order valence-corrected chi connectivity index (χ1v) is 21.1. The van der Waals surface area contributed by atoms with Gasteiger partial charge in [0, 0.05) is 53.3 Å². The zero-order valence-corrected chi connectivity index (χ0v) is 33.0. The van der Waals surface area contributed by atoms with Gasteiger partial charge in [-0.25, -0.2) is 0 Å². The molecule has 3 nitrogen and oxygen atoms in total. The standard InChI is InChI=1S/C56H33NO2S/c1-4-18-50-44(10-1)46-15-7-13-42(55(46)59-50)34-24-27-38(28-25-34)57(49-17-9-20-52-54(49)48-12-2-5-19-51(48)58-52)39-29-31-41-37(33-39)23-22-35-32-36(26-30-40(35)41)43-14-8-16-47-45-11-3-6-21-53(45)60-56(43)47/h1-33H. The average molecular weight is 784 g/mol. The SMILES string of the molecule is c1ccc2c(c1)oc1c(-c3ccc(N(c4ccc5c(ccc6cc(-c7cccc8c7sc7ccccc78)ccc65)c4)c4cccc5oc6ccccc6c45)cc3)cccc12. The molecule has 3 aromatic heterocycles. The van der Waals surface area contributed by atoms with Crippen LogP contribution in [0.1, 0.15) is 0 Å². The lowest BCUT2D eigenvalue weighted by Crippen LogP contribution is -2.10. The quantitative estimate of drug-likeness (QED) is 0.163. The van der Waals surface area contributed by atoms with E-state index in [1.807, 2.05) is 35.6 Å². The van der Waals surface area contributed by atoms with Crippen molar-refractivity contribution in [1.29, 1.82) is 0 Å². The highest BCUT2D eigenvalue weighted by atomic mass is 32.1. The average Bonchev–Trinajstić information content (AvgIpc) is 4.01. The summed E-state index contributed by atoms with van der Waals surface area (Å²) in [6.45, 7) is 0. The highest BCUT2D eigenvalue weighted by Gasteiger charge is 2.21. The monoisotopic (exact) mass is 783 g/mol. The third-order valence-corrected chi connectivity index (χ3v) is 13.5.